The van der Waals surface area contributed by atoms with Crippen LogP contribution in [0.5, 0.6) is 0 Å². The van der Waals surface area contributed by atoms with Gasteiger partial charge in [0.2, 0.25) is 10.0 Å². The van der Waals surface area contributed by atoms with Gasteiger partial charge in [0, 0.05) is 24.7 Å². The van der Waals surface area contributed by atoms with Crippen molar-refractivity contribution in [2.75, 3.05) is 6.54 Å². The van der Waals surface area contributed by atoms with E-state index in [4.69, 9.17) is 4.42 Å². The van der Waals surface area contributed by atoms with E-state index in [9.17, 15) is 8.42 Å². The van der Waals surface area contributed by atoms with Gasteiger partial charge in [-0.3, -0.25) is 0 Å². The Balaban J connectivity index is 1.79. The van der Waals surface area contributed by atoms with Crippen LogP contribution in [0.25, 0.3) is 0 Å². The predicted octanol–water partition coefficient (Wildman–Crippen LogP) is 2.40. The highest BCUT2D eigenvalue weighted by Gasteiger charge is 2.39. The van der Waals surface area contributed by atoms with Crippen molar-refractivity contribution in [3.8, 4) is 0 Å². The van der Waals surface area contributed by atoms with E-state index in [1.807, 2.05) is 6.92 Å². The maximum atomic E-state index is 12.8. The molecular formula is C15H24N2O3S. The van der Waals surface area contributed by atoms with Gasteiger partial charge in [-0.05, 0) is 39.0 Å². The summed E-state index contributed by atoms with van der Waals surface area (Å²) in [5, 5.41) is 3.35. The first-order valence-corrected chi connectivity index (χ1v) is 9.31. The number of rotatable bonds is 8. The van der Waals surface area contributed by atoms with E-state index in [-0.39, 0.29) is 6.04 Å². The number of sulfonamides is 1. The Labute approximate surface area is 126 Å². The molecule has 2 aliphatic carbocycles. The smallest absolute Gasteiger partial charge is 0.246 e. The largest absolute Gasteiger partial charge is 0.464 e. The fourth-order valence-corrected chi connectivity index (χ4v) is 4.57. The summed E-state index contributed by atoms with van der Waals surface area (Å²) in [5.41, 5.74) is 0. The third-order valence-corrected chi connectivity index (χ3v) is 6.11. The predicted molar refractivity (Wildman–Crippen MR) is 80.5 cm³/mol. The Morgan fingerprint density at radius 1 is 1.33 bits per heavy atom. The van der Waals surface area contributed by atoms with Gasteiger partial charge in [-0.15, -0.1) is 0 Å². The number of nitrogens with zero attached hydrogens (tertiary/aromatic N) is 1. The van der Waals surface area contributed by atoms with Gasteiger partial charge >= 0.3 is 0 Å². The summed E-state index contributed by atoms with van der Waals surface area (Å²) in [6, 6.07) is 2.47. The molecule has 2 saturated carbocycles. The van der Waals surface area contributed by atoms with Crippen molar-refractivity contribution in [3.05, 3.63) is 17.6 Å². The molecule has 0 radical (unpaired) electrons. The summed E-state index contributed by atoms with van der Waals surface area (Å²) in [5.74, 6) is 1.22. The molecule has 6 heteroatoms. The summed E-state index contributed by atoms with van der Waals surface area (Å²) >= 11 is 0. The summed E-state index contributed by atoms with van der Waals surface area (Å²) in [6.07, 6.45) is 5.20. The normalized spacial score (nSPS) is 19.4. The quantitative estimate of drug-likeness (QED) is 0.800. The van der Waals surface area contributed by atoms with Crippen molar-refractivity contribution >= 4 is 10.0 Å². The highest BCUT2D eigenvalue weighted by atomic mass is 32.2. The summed E-state index contributed by atoms with van der Waals surface area (Å²) in [4.78, 5) is 0.343. The van der Waals surface area contributed by atoms with Crippen LogP contribution in [0.2, 0.25) is 0 Å². The SMILES string of the molecule is CCCN(C1CC1)S(=O)(=O)c1cc(CNC2CC2)oc1C. The standard InChI is InChI=1S/C15H24N2O3S/c1-3-8-17(13-6-7-13)21(18,19)15-9-14(20-11(15)2)10-16-12-4-5-12/h9,12-13,16H,3-8,10H2,1-2H3. The molecule has 1 aromatic heterocycles. The monoisotopic (exact) mass is 312 g/mol. The molecule has 1 N–H and O–H groups in total. The van der Waals surface area contributed by atoms with Gasteiger partial charge in [0.15, 0.2) is 0 Å². The lowest BCUT2D eigenvalue weighted by Gasteiger charge is -2.20. The van der Waals surface area contributed by atoms with Gasteiger partial charge < -0.3 is 9.73 Å². The molecule has 21 heavy (non-hydrogen) atoms. The molecule has 0 aliphatic heterocycles. The highest BCUT2D eigenvalue weighted by molar-refractivity contribution is 7.89. The number of hydrogen-bond acceptors (Lipinski definition) is 4. The molecule has 0 bridgehead atoms. The Morgan fingerprint density at radius 2 is 2.05 bits per heavy atom. The average molecular weight is 312 g/mol. The topological polar surface area (TPSA) is 62.6 Å². The van der Waals surface area contributed by atoms with Crippen LogP contribution in [0.15, 0.2) is 15.4 Å². The molecule has 0 atom stereocenters. The minimum Gasteiger partial charge on any atom is -0.464 e. The van der Waals surface area contributed by atoms with Crippen molar-refractivity contribution in [2.45, 2.75) is 69.5 Å². The number of hydrogen-bond donors (Lipinski definition) is 1. The van der Waals surface area contributed by atoms with Gasteiger partial charge in [0.25, 0.3) is 0 Å². The first-order chi connectivity index (χ1) is 10.0. The second-order valence-electron chi connectivity index (χ2n) is 6.14. The molecule has 0 saturated heterocycles. The summed E-state index contributed by atoms with van der Waals surface area (Å²) in [7, 11) is -3.42. The minimum absolute atomic E-state index is 0.192. The average Bonchev–Trinajstić information content (AvgIpc) is 3.33. The van der Waals surface area contributed by atoms with E-state index >= 15 is 0 Å². The maximum absolute atomic E-state index is 12.8. The Hall–Kier alpha value is -0.850. The second kappa shape index (κ2) is 5.74. The summed E-state index contributed by atoms with van der Waals surface area (Å²) in [6.45, 7) is 4.95. The van der Waals surface area contributed by atoms with Crippen LogP contribution in [0, 0.1) is 6.92 Å². The zero-order valence-corrected chi connectivity index (χ0v) is 13.6. The lowest BCUT2D eigenvalue weighted by molar-refractivity contribution is 0.400. The lowest BCUT2D eigenvalue weighted by atomic mass is 10.4. The van der Waals surface area contributed by atoms with E-state index < -0.39 is 10.0 Å². The molecule has 2 aliphatic rings. The number of aryl methyl sites for hydroxylation is 1. The van der Waals surface area contributed by atoms with Crippen LogP contribution in [0.3, 0.4) is 0 Å². The molecule has 3 rings (SSSR count). The van der Waals surface area contributed by atoms with Crippen LogP contribution in [-0.2, 0) is 16.6 Å². The van der Waals surface area contributed by atoms with Crippen molar-refractivity contribution in [2.24, 2.45) is 0 Å². The van der Waals surface area contributed by atoms with E-state index in [1.54, 1.807) is 17.3 Å². The van der Waals surface area contributed by atoms with Crippen LogP contribution in [-0.4, -0.2) is 31.4 Å². The van der Waals surface area contributed by atoms with Gasteiger partial charge in [-0.1, -0.05) is 6.92 Å². The molecule has 0 amide bonds. The molecule has 2 fully saturated rings. The van der Waals surface area contributed by atoms with Crippen LogP contribution in [0.1, 0.15) is 50.5 Å². The molecular weight excluding hydrogens is 288 g/mol. The van der Waals surface area contributed by atoms with Crippen molar-refractivity contribution in [1.29, 1.82) is 0 Å². The van der Waals surface area contributed by atoms with E-state index in [2.05, 4.69) is 5.32 Å². The molecule has 1 aromatic rings. The number of furan rings is 1. The van der Waals surface area contributed by atoms with E-state index in [0.29, 0.717) is 35.5 Å². The van der Waals surface area contributed by atoms with Crippen LogP contribution in [0.4, 0.5) is 0 Å². The van der Waals surface area contributed by atoms with Gasteiger partial charge in [-0.2, -0.15) is 4.31 Å². The minimum atomic E-state index is -3.42. The van der Waals surface area contributed by atoms with E-state index in [0.717, 1.165) is 19.3 Å². The first-order valence-electron chi connectivity index (χ1n) is 7.87. The van der Waals surface area contributed by atoms with Gasteiger partial charge in [0.05, 0.1) is 6.54 Å². The van der Waals surface area contributed by atoms with Crippen LogP contribution >= 0.6 is 0 Å². The highest BCUT2D eigenvalue weighted by Crippen LogP contribution is 2.34. The molecule has 0 spiro atoms. The fourth-order valence-electron chi connectivity index (χ4n) is 2.61. The first kappa shape index (κ1) is 15.1. The summed E-state index contributed by atoms with van der Waals surface area (Å²) < 4.78 is 33.0. The van der Waals surface area contributed by atoms with Crippen molar-refractivity contribution in [1.82, 2.24) is 9.62 Å². The van der Waals surface area contributed by atoms with Crippen molar-refractivity contribution < 1.29 is 12.8 Å². The molecule has 118 valence electrons. The Bertz CT molecular complexity index is 600. The second-order valence-corrected chi connectivity index (χ2v) is 7.99. The Morgan fingerprint density at radius 3 is 2.62 bits per heavy atom. The maximum Gasteiger partial charge on any atom is 0.246 e. The molecule has 5 nitrogen and oxygen atoms in total. The molecule has 1 heterocycles. The third kappa shape index (κ3) is 3.33. The molecule has 0 aromatic carbocycles. The van der Waals surface area contributed by atoms with Gasteiger partial charge in [0.1, 0.15) is 16.4 Å². The van der Waals surface area contributed by atoms with Crippen molar-refractivity contribution in [3.63, 3.8) is 0 Å². The zero-order valence-electron chi connectivity index (χ0n) is 12.8. The Kier molecular flexibility index (Phi) is 4.12. The zero-order chi connectivity index (χ0) is 15.0. The fraction of sp³-hybridized carbons (Fsp3) is 0.733. The lowest BCUT2D eigenvalue weighted by Crippen LogP contribution is -2.34. The van der Waals surface area contributed by atoms with E-state index in [1.165, 1.54) is 12.8 Å². The number of nitrogens with one attached hydrogen (secondary N) is 1. The van der Waals surface area contributed by atoms with Crippen LogP contribution < -0.4 is 5.32 Å². The molecule has 0 unspecified atom stereocenters. The van der Waals surface area contributed by atoms with Gasteiger partial charge in [-0.25, -0.2) is 8.42 Å². The third-order valence-electron chi connectivity index (χ3n) is 4.05.